The van der Waals surface area contributed by atoms with Crippen molar-refractivity contribution in [3.63, 3.8) is 0 Å². The second-order valence-corrected chi connectivity index (χ2v) is 13.5. The van der Waals surface area contributed by atoms with Gasteiger partial charge in [-0.05, 0) is 117 Å². The third-order valence-corrected chi connectivity index (χ3v) is 11.1. The van der Waals surface area contributed by atoms with Gasteiger partial charge in [0, 0.05) is 0 Å². The lowest BCUT2D eigenvalue weighted by Crippen LogP contribution is -2.50. The van der Waals surface area contributed by atoms with Crippen LogP contribution in [-0.4, -0.2) is 6.10 Å². The molecule has 0 aromatic heterocycles. The second-order valence-electron chi connectivity index (χ2n) is 13.5. The summed E-state index contributed by atoms with van der Waals surface area (Å²) in [7, 11) is 0. The lowest BCUT2D eigenvalue weighted by molar-refractivity contribution is -0.0567. The number of allylic oxidation sites excluding steroid dienone is 3. The van der Waals surface area contributed by atoms with Crippen LogP contribution in [0.4, 0.5) is 0 Å². The molecule has 0 spiro atoms. The highest BCUT2D eigenvalue weighted by molar-refractivity contribution is 5.26. The van der Waals surface area contributed by atoms with Crippen LogP contribution in [-0.2, 0) is 11.3 Å². The maximum Gasteiger partial charge on any atom is 0.0720 e. The number of benzene rings is 1. The van der Waals surface area contributed by atoms with Gasteiger partial charge in [0.25, 0.3) is 0 Å². The van der Waals surface area contributed by atoms with Crippen molar-refractivity contribution in [2.75, 3.05) is 0 Å². The average molecular weight is 475 g/mol. The molecule has 0 aliphatic heterocycles. The van der Waals surface area contributed by atoms with Crippen LogP contribution in [0.2, 0.25) is 0 Å². The van der Waals surface area contributed by atoms with Gasteiger partial charge in [0.2, 0.25) is 0 Å². The monoisotopic (exact) mass is 474 g/mol. The van der Waals surface area contributed by atoms with E-state index in [9.17, 15) is 0 Å². The Kier molecular flexibility index (Phi) is 7.38. The lowest BCUT2D eigenvalue weighted by atomic mass is 9.47. The van der Waals surface area contributed by atoms with Crippen molar-refractivity contribution in [3.8, 4) is 0 Å². The summed E-state index contributed by atoms with van der Waals surface area (Å²) < 4.78 is 6.42. The second kappa shape index (κ2) is 10.2. The van der Waals surface area contributed by atoms with Crippen LogP contribution in [0.3, 0.4) is 0 Å². The highest BCUT2D eigenvalue weighted by Gasteiger charge is 2.58. The summed E-state index contributed by atoms with van der Waals surface area (Å²) in [5, 5.41) is 0. The van der Waals surface area contributed by atoms with Gasteiger partial charge in [-0.2, -0.15) is 0 Å². The van der Waals surface area contributed by atoms with Crippen molar-refractivity contribution >= 4 is 0 Å². The van der Waals surface area contributed by atoms with Gasteiger partial charge in [-0.1, -0.05) is 81.3 Å². The smallest absolute Gasteiger partial charge is 0.0720 e. The molecule has 1 heteroatoms. The molecule has 0 amide bonds. The van der Waals surface area contributed by atoms with E-state index in [2.05, 4.69) is 77.1 Å². The minimum atomic E-state index is 0.398. The quantitative estimate of drug-likeness (QED) is 0.357. The highest BCUT2D eigenvalue weighted by Crippen LogP contribution is 2.67. The van der Waals surface area contributed by atoms with Crippen LogP contribution in [0.25, 0.3) is 0 Å². The summed E-state index contributed by atoms with van der Waals surface area (Å²) >= 11 is 0. The van der Waals surface area contributed by atoms with Crippen molar-refractivity contribution in [2.45, 2.75) is 112 Å². The molecule has 0 heterocycles. The zero-order chi connectivity index (χ0) is 24.6. The van der Waals surface area contributed by atoms with Gasteiger partial charge in [0.05, 0.1) is 12.7 Å². The molecule has 0 unspecified atom stereocenters. The fourth-order valence-corrected chi connectivity index (χ4v) is 9.09. The Bertz CT molecular complexity index is 925. The first kappa shape index (κ1) is 25.3. The van der Waals surface area contributed by atoms with Gasteiger partial charge in [-0.3, -0.25) is 0 Å². The third-order valence-electron chi connectivity index (χ3n) is 11.1. The van der Waals surface area contributed by atoms with Gasteiger partial charge < -0.3 is 4.74 Å². The summed E-state index contributed by atoms with van der Waals surface area (Å²) in [6.07, 6.45) is 19.1. The Morgan fingerprint density at radius 1 is 1.03 bits per heavy atom. The molecule has 0 radical (unpaired) electrons. The number of ether oxygens (including phenoxy) is 1. The summed E-state index contributed by atoms with van der Waals surface area (Å²) in [4.78, 5) is 0. The lowest BCUT2D eigenvalue weighted by Gasteiger charge is -2.58. The van der Waals surface area contributed by atoms with Crippen molar-refractivity contribution in [1.29, 1.82) is 0 Å². The molecule has 35 heavy (non-hydrogen) atoms. The fraction of sp³-hybridized carbons (Fsp3) is 0.706. The van der Waals surface area contributed by atoms with Crippen LogP contribution < -0.4 is 0 Å². The Morgan fingerprint density at radius 3 is 2.60 bits per heavy atom. The molecule has 0 bridgehead atoms. The van der Waals surface area contributed by atoms with E-state index in [-0.39, 0.29) is 0 Å². The average Bonchev–Trinajstić information content (AvgIpc) is 3.20. The molecular weight excluding hydrogens is 424 g/mol. The SMILES string of the molecule is C/C(=C/CCC(C)C)[C@H]1CC[C@H]2[C@@H]3CC=C4C[C@@H](OCc5ccccc5)CC[C@]4(C)[C@H]3CC[C@]12C. The van der Waals surface area contributed by atoms with Gasteiger partial charge in [0.15, 0.2) is 0 Å². The van der Waals surface area contributed by atoms with E-state index in [0.717, 1.165) is 42.6 Å². The summed E-state index contributed by atoms with van der Waals surface area (Å²) in [6.45, 7) is 13.2. The van der Waals surface area contributed by atoms with Gasteiger partial charge >= 0.3 is 0 Å². The largest absolute Gasteiger partial charge is 0.373 e. The standard InChI is InChI=1S/C34H50O/c1-24(2)10-9-11-25(3)30-16-17-31-29-15-14-27-22-28(35-23-26-12-7-6-8-13-26)18-20-33(27,4)32(29)19-21-34(30,31)5/h6-8,11-14,24,28-32H,9-10,15-23H2,1-5H3/b25-11-/t28-,29-,30+,31-,32-,33-,34+/m0/s1. The van der Waals surface area contributed by atoms with Crippen LogP contribution in [0.5, 0.6) is 0 Å². The van der Waals surface area contributed by atoms with Crippen LogP contribution >= 0.6 is 0 Å². The van der Waals surface area contributed by atoms with Gasteiger partial charge in [-0.25, -0.2) is 0 Å². The molecule has 4 aliphatic rings. The van der Waals surface area contributed by atoms with Crippen LogP contribution in [0, 0.1) is 40.4 Å². The van der Waals surface area contributed by atoms with Gasteiger partial charge in [0.1, 0.15) is 0 Å². The molecule has 3 fully saturated rings. The molecule has 5 rings (SSSR count). The van der Waals surface area contributed by atoms with E-state index in [1.807, 2.05) is 0 Å². The van der Waals surface area contributed by atoms with Crippen molar-refractivity contribution in [2.24, 2.45) is 40.4 Å². The van der Waals surface area contributed by atoms with E-state index < -0.39 is 0 Å². The minimum absolute atomic E-state index is 0.398. The van der Waals surface area contributed by atoms with E-state index in [0.29, 0.717) is 16.9 Å². The molecule has 4 aliphatic carbocycles. The first-order valence-corrected chi connectivity index (χ1v) is 14.8. The molecule has 1 nitrogen and oxygen atoms in total. The summed E-state index contributed by atoms with van der Waals surface area (Å²) in [5.41, 5.74) is 5.69. The van der Waals surface area contributed by atoms with E-state index in [4.69, 9.17) is 4.74 Å². The molecule has 3 saturated carbocycles. The van der Waals surface area contributed by atoms with Crippen molar-refractivity contribution in [1.82, 2.24) is 0 Å². The Balaban J connectivity index is 1.26. The summed E-state index contributed by atoms with van der Waals surface area (Å²) in [6, 6.07) is 10.7. The van der Waals surface area contributed by atoms with E-state index >= 15 is 0 Å². The molecule has 192 valence electrons. The predicted octanol–water partition coefficient (Wildman–Crippen LogP) is 9.53. The molecular formula is C34H50O. The first-order chi connectivity index (χ1) is 16.8. The fourth-order valence-electron chi connectivity index (χ4n) is 9.09. The normalized spacial score (nSPS) is 39.1. The van der Waals surface area contributed by atoms with Crippen molar-refractivity contribution in [3.05, 3.63) is 59.2 Å². The van der Waals surface area contributed by atoms with Crippen molar-refractivity contribution < 1.29 is 4.74 Å². The Morgan fingerprint density at radius 2 is 1.83 bits per heavy atom. The maximum absolute atomic E-state index is 6.42. The highest BCUT2D eigenvalue weighted by atomic mass is 16.5. The van der Waals surface area contributed by atoms with Crippen LogP contribution in [0.15, 0.2) is 53.6 Å². The Hall–Kier alpha value is -1.34. The minimum Gasteiger partial charge on any atom is -0.373 e. The topological polar surface area (TPSA) is 9.23 Å². The van der Waals surface area contributed by atoms with E-state index in [1.54, 1.807) is 11.1 Å². The molecule has 1 aromatic carbocycles. The van der Waals surface area contributed by atoms with Gasteiger partial charge in [-0.15, -0.1) is 0 Å². The zero-order valence-electron chi connectivity index (χ0n) is 23.2. The number of rotatable bonds is 7. The zero-order valence-corrected chi connectivity index (χ0v) is 23.2. The number of fused-ring (bicyclic) bond motifs is 5. The van der Waals surface area contributed by atoms with Crippen LogP contribution in [0.1, 0.15) is 104 Å². The first-order valence-electron chi connectivity index (χ1n) is 14.8. The Labute approximate surface area is 215 Å². The number of hydrogen-bond donors (Lipinski definition) is 0. The number of hydrogen-bond acceptors (Lipinski definition) is 1. The third kappa shape index (κ3) is 4.84. The molecule has 0 saturated heterocycles. The summed E-state index contributed by atoms with van der Waals surface area (Å²) in [5.74, 6) is 4.34. The predicted molar refractivity (Wildman–Crippen MR) is 148 cm³/mol. The molecule has 1 aromatic rings. The van der Waals surface area contributed by atoms with E-state index in [1.165, 1.54) is 63.4 Å². The molecule has 0 N–H and O–H groups in total. The molecule has 7 atom stereocenters. The maximum atomic E-state index is 6.42.